The minimum absolute atomic E-state index is 0.0599. The largest absolute Gasteiger partial charge is 0.491 e. The van der Waals surface area contributed by atoms with Crippen LogP contribution < -0.4 is 15.4 Å². The molecule has 0 fully saturated rings. The Bertz CT molecular complexity index is 542. The Balaban J connectivity index is 2.43. The van der Waals surface area contributed by atoms with Crippen LogP contribution in [0, 0.1) is 6.92 Å². The Kier molecular flexibility index (Phi) is 7.54. The van der Waals surface area contributed by atoms with E-state index < -0.39 is 0 Å². The molecule has 0 radical (unpaired) electrons. The van der Waals surface area contributed by atoms with E-state index in [4.69, 9.17) is 4.74 Å². The number of carbonyl (C=O) groups is 2. The molecule has 0 aromatic heterocycles. The van der Waals surface area contributed by atoms with Gasteiger partial charge in [0.1, 0.15) is 5.75 Å². The van der Waals surface area contributed by atoms with Gasteiger partial charge in [0, 0.05) is 18.7 Å². The number of carbonyl (C=O) groups excluding carboxylic acids is 2. The second-order valence-electron chi connectivity index (χ2n) is 5.99. The van der Waals surface area contributed by atoms with E-state index in [1.54, 1.807) is 17.0 Å². The molecule has 1 rings (SSSR count). The van der Waals surface area contributed by atoms with Crippen LogP contribution in [-0.4, -0.2) is 56.5 Å². The zero-order valence-corrected chi connectivity index (χ0v) is 14.6. The lowest BCUT2D eigenvalue weighted by atomic mass is 10.1. The van der Waals surface area contributed by atoms with E-state index in [1.807, 2.05) is 40.9 Å². The van der Waals surface area contributed by atoms with Gasteiger partial charge >= 0.3 is 0 Å². The number of nitrogens with zero attached hydrogens (tertiary/aromatic N) is 1. The summed E-state index contributed by atoms with van der Waals surface area (Å²) in [6.07, 6.45) is 0.0964. The fraction of sp³-hybridized carbons (Fsp3) is 0.529. The summed E-state index contributed by atoms with van der Waals surface area (Å²) in [5.74, 6) is 0.564. The molecular formula is C17H27N3O3. The van der Waals surface area contributed by atoms with E-state index in [1.165, 1.54) is 0 Å². The van der Waals surface area contributed by atoms with E-state index >= 15 is 0 Å². The van der Waals surface area contributed by atoms with Crippen molar-refractivity contribution < 1.29 is 14.3 Å². The summed E-state index contributed by atoms with van der Waals surface area (Å²) in [6.45, 7) is 6.98. The van der Waals surface area contributed by atoms with Crippen LogP contribution in [-0.2, 0) is 4.79 Å². The Morgan fingerprint density at radius 1 is 1.17 bits per heavy atom. The van der Waals surface area contributed by atoms with Crippen molar-refractivity contribution in [1.29, 1.82) is 0 Å². The molecule has 6 nitrogen and oxygen atoms in total. The number of likely N-dealkylation sites (N-methyl/N-ethyl adjacent to an activating group) is 1. The van der Waals surface area contributed by atoms with Gasteiger partial charge < -0.3 is 20.3 Å². The summed E-state index contributed by atoms with van der Waals surface area (Å²) in [4.78, 5) is 25.3. The number of hydrogen-bond acceptors (Lipinski definition) is 4. The average molecular weight is 321 g/mol. The quantitative estimate of drug-likeness (QED) is 0.706. The third-order valence-corrected chi connectivity index (χ3v) is 2.99. The van der Waals surface area contributed by atoms with E-state index in [2.05, 4.69) is 10.6 Å². The highest BCUT2D eigenvalue weighted by Crippen LogP contribution is 2.20. The van der Waals surface area contributed by atoms with Crippen molar-refractivity contribution >= 4 is 11.8 Å². The Morgan fingerprint density at radius 3 is 2.39 bits per heavy atom. The molecule has 0 saturated carbocycles. The summed E-state index contributed by atoms with van der Waals surface area (Å²) in [5.41, 5.74) is 1.50. The topological polar surface area (TPSA) is 70.7 Å². The SMILES string of the molecule is Cc1cc(C(=O)NCCNC(=O)CN(C)C)ccc1OC(C)C. The number of nitrogens with one attached hydrogen (secondary N) is 2. The summed E-state index contributed by atoms with van der Waals surface area (Å²) >= 11 is 0. The highest BCUT2D eigenvalue weighted by molar-refractivity contribution is 5.94. The van der Waals surface area contributed by atoms with E-state index in [0.717, 1.165) is 11.3 Å². The van der Waals surface area contributed by atoms with Crippen LogP contribution >= 0.6 is 0 Å². The van der Waals surface area contributed by atoms with Crippen molar-refractivity contribution in [2.75, 3.05) is 33.7 Å². The van der Waals surface area contributed by atoms with Crippen LogP contribution in [0.25, 0.3) is 0 Å². The van der Waals surface area contributed by atoms with Gasteiger partial charge in [0.25, 0.3) is 5.91 Å². The third kappa shape index (κ3) is 7.15. The van der Waals surface area contributed by atoms with E-state index in [9.17, 15) is 9.59 Å². The normalized spacial score (nSPS) is 10.7. The maximum Gasteiger partial charge on any atom is 0.251 e. The molecule has 0 unspecified atom stereocenters. The fourth-order valence-corrected chi connectivity index (χ4v) is 2.00. The maximum atomic E-state index is 12.1. The van der Waals surface area contributed by atoms with Crippen LogP contribution in [0.15, 0.2) is 18.2 Å². The molecule has 6 heteroatoms. The van der Waals surface area contributed by atoms with Crippen LogP contribution in [0.5, 0.6) is 5.75 Å². The predicted molar refractivity (Wildman–Crippen MR) is 90.8 cm³/mol. The minimum Gasteiger partial charge on any atom is -0.491 e. The summed E-state index contributed by atoms with van der Waals surface area (Å²) in [7, 11) is 3.66. The molecule has 0 saturated heterocycles. The lowest BCUT2D eigenvalue weighted by Crippen LogP contribution is -2.38. The van der Waals surface area contributed by atoms with Crippen molar-refractivity contribution in [1.82, 2.24) is 15.5 Å². The van der Waals surface area contributed by atoms with Gasteiger partial charge in [0.15, 0.2) is 0 Å². The number of aryl methyl sites for hydroxylation is 1. The van der Waals surface area contributed by atoms with Gasteiger partial charge in [-0.15, -0.1) is 0 Å². The van der Waals surface area contributed by atoms with Gasteiger partial charge in [-0.1, -0.05) is 0 Å². The van der Waals surface area contributed by atoms with E-state index in [-0.39, 0.29) is 17.9 Å². The molecule has 128 valence electrons. The van der Waals surface area contributed by atoms with Gasteiger partial charge in [-0.2, -0.15) is 0 Å². The molecule has 1 aromatic carbocycles. The van der Waals surface area contributed by atoms with Crippen LogP contribution in [0.1, 0.15) is 29.8 Å². The summed E-state index contributed by atoms with van der Waals surface area (Å²) in [5, 5.41) is 5.53. The molecule has 0 aliphatic heterocycles. The zero-order valence-electron chi connectivity index (χ0n) is 14.6. The lowest BCUT2D eigenvalue weighted by Gasteiger charge is -2.13. The number of amides is 2. The predicted octanol–water partition coefficient (Wildman–Crippen LogP) is 1.19. The first kappa shape index (κ1) is 19.0. The molecule has 2 amide bonds. The first-order valence-electron chi connectivity index (χ1n) is 7.76. The van der Waals surface area contributed by atoms with Crippen LogP contribution in [0.4, 0.5) is 0 Å². The molecular weight excluding hydrogens is 294 g/mol. The first-order chi connectivity index (χ1) is 10.8. The molecule has 0 aliphatic carbocycles. The zero-order chi connectivity index (χ0) is 17.4. The minimum atomic E-state index is -0.161. The number of benzene rings is 1. The van der Waals surface area contributed by atoms with Gasteiger partial charge in [-0.05, 0) is 58.6 Å². The lowest BCUT2D eigenvalue weighted by molar-refractivity contribution is -0.121. The number of hydrogen-bond donors (Lipinski definition) is 2. The molecule has 23 heavy (non-hydrogen) atoms. The van der Waals surface area contributed by atoms with Crippen molar-refractivity contribution in [3.05, 3.63) is 29.3 Å². The summed E-state index contributed by atoms with van der Waals surface area (Å²) in [6, 6.07) is 5.35. The van der Waals surface area contributed by atoms with Crippen molar-refractivity contribution in [2.45, 2.75) is 26.9 Å². The molecule has 0 heterocycles. The standard InChI is InChI=1S/C17H27N3O3/c1-12(2)23-15-7-6-14(10-13(15)3)17(22)19-9-8-18-16(21)11-20(4)5/h6-7,10,12H,8-9,11H2,1-5H3,(H,18,21)(H,19,22). The second kappa shape index (κ2) is 9.15. The fourth-order valence-electron chi connectivity index (χ4n) is 2.00. The van der Waals surface area contributed by atoms with Crippen molar-refractivity contribution in [2.24, 2.45) is 0 Å². The van der Waals surface area contributed by atoms with Gasteiger partial charge in [-0.25, -0.2) is 0 Å². The van der Waals surface area contributed by atoms with Crippen molar-refractivity contribution in [3.8, 4) is 5.75 Å². The highest BCUT2D eigenvalue weighted by atomic mass is 16.5. The molecule has 0 bridgehead atoms. The maximum absolute atomic E-state index is 12.1. The highest BCUT2D eigenvalue weighted by Gasteiger charge is 2.09. The van der Waals surface area contributed by atoms with Crippen LogP contribution in [0.3, 0.4) is 0 Å². The Morgan fingerprint density at radius 2 is 1.83 bits per heavy atom. The monoisotopic (exact) mass is 321 g/mol. The molecule has 1 aromatic rings. The molecule has 0 spiro atoms. The first-order valence-corrected chi connectivity index (χ1v) is 7.76. The number of rotatable bonds is 8. The molecule has 0 atom stereocenters. The van der Waals surface area contributed by atoms with E-state index in [0.29, 0.717) is 25.2 Å². The Hall–Kier alpha value is -2.08. The second-order valence-corrected chi connectivity index (χ2v) is 5.99. The number of ether oxygens (including phenoxy) is 1. The van der Waals surface area contributed by atoms with Crippen molar-refractivity contribution in [3.63, 3.8) is 0 Å². The average Bonchev–Trinajstić information content (AvgIpc) is 2.44. The van der Waals surface area contributed by atoms with Gasteiger partial charge in [0.05, 0.1) is 12.6 Å². The van der Waals surface area contributed by atoms with Gasteiger partial charge in [0.2, 0.25) is 5.91 Å². The third-order valence-electron chi connectivity index (χ3n) is 2.99. The Labute approximate surface area is 138 Å². The van der Waals surface area contributed by atoms with Crippen LogP contribution in [0.2, 0.25) is 0 Å². The molecule has 0 aliphatic rings. The smallest absolute Gasteiger partial charge is 0.251 e. The molecule has 2 N–H and O–H groups in total. The summed E-state index contributed by atoms with van der Waals surface area (Å²) < 4.78 is 5.65. The van der Waals surface area contributed by atoms with Gasteiger partial charge in [-0.3, -0.25) is 9.59 Å².